The molecule has 0 spiro atoms. The van der Waals surface area contributed by atoms with E-state index in [0.29, 0.717) is 16.7 Å². The summed E-state index contributed by atoms with van der Waals surface area (Å²) in [6, 6.07) is 4.14. The molecule has 0 radical (unpaired) electrons. The van der Waals surface area contributed by atoms with Gasteiger partial charge in [0.15, 0.2) is 10.4 Å². The maximum Gasteiger partial charge on any atom is 0.215 e. The van der Waals surface area contributed by atoms with Crippen molar-refractivity contribution in [2.75, 3.05) is 21.2 Å². The van der Waals surface area contributed by atoms with Crippen LogP contribution in [0.1, 0.15) is 6.92 Å². The van der Waals surface area contributed by atoms with Crippen molar-refractivity contribution in [2.45, 2.75) is 19.5 Å². The van der Waals surface area contributed by atoms with Crippen molar-refractivity contribution in [3.05, 3.63) is 16.9 Å². The largest absolute Gasteiger partial charge is 0.481 e. The highest BCUT2D eigenvalue weighted by Gasteiger charge is 2.11. The topological polar surface area (TPSA) is 46.1 Å². The van der Waals surface area contributed by atoms with E-state index in [0.717, 1.165) is 17.7 Å². The SMILES string of the molecule is COc1ccc2[nH]c(=S)n(CC(C)N(C)C)c2n1. The Morgan fingerprint density at radius 1 is 1.50 bits per heavy atom. The fraction of sp³-hybridized carbons (Fsp3) is 0.500. The highest BCUT2D eigenvalue weighted by molar-refractivity contribution is 7.71. The zero-order valence-electron chi connectivity index (χ0n) is 11.1. The van der Waals surface area contributed by atoms with Crippen LogP contribution in [-0.4, -0.2) is 46.7 Å². The van der Waals surface area contributed by atoms with E-state index in [1.807, 2.05) is 16.7 Å². The monoisotopic (exact) mass is 266 g/mol. The molecule has 2 aromatic heterocycles. The first-order chi connectivity index (χ1) is 8.52. The molecule has 0 saturated heterocycles. The maximum absolute atomic E-state index is 5.35. The van der Waals surface area contributed by atoms with Gasteiger partial charge < -0.3 is 14.6 Å². The van der Waals surface area contributed by atoms with Gasteiger partial charge in [-0.3, -0.25) is 4.57 Å². The van der Waals surface area contributed by atoms with Crippen LogP contribution in [-0.2, 0) is 6.54 Å². The van der Waals surface area contributed by atoms with Crippen LogP contribution < -0.4 is 4.74 Å². The summed E-state index contributed by atoms with van der Waals surface area (Å²) in [6.45, 7) is 2.95. The molecule has 0 fully saturated rings. The van der Waals surface area contributed by atoms with Gasteiger partial charge in [0.05, 0.1) is 12.6 Å². The molecule has 1 unspecified atom stereocenters. The number of aromatic amines is 1. The van der Waals surface area contributed by atoms with Crippen LogP contribution >= 0.6 is 12.2 Å². The summed E-state index contributed by atoms with van der Waals surface area (Å²) in [5, 5.41) is 0. The highest BCUT2D eigenvalue weighted by Crippen LogP contribution is 2.17. The van der Waals surface area contributed by atoms with Crippen LogP contribution in [0.3, 0.4) is 0 Å². The molecule has 0 aliphatic heterocycles. The van der Waals surface area contributed by atoms with E-state index < -0.39 is 0 Å². The minimum absolute atomic E-state index is 0.378. The van der Waals surface area contributed by atoms with Crippen molar-refractivity contribution in [2.24, 2.45) is 0 Å². The molecular formula is C12H18N4OS. The molecule has 6 heteroatoms. The predicted molar refractivity (Wildman–Crippen MR) is 74.6 cm³/mol. The maximum atomic E-state index is 5.35. The number of fused-ring (bicyclic) bond motifs is 1. The summed E-state index contributed by atoms with van der Waals surface area (Å²) in [7, 11) is 5.72. The third-order valence-corrected chi connectivity index (χ3v) is 3.45. The van der Waals surface area contributed by atoms with Gasteiger partial charge in [0.2, 0.25) is 5.88 Å². The predicted octanol–water partition coefficient (Wildman–Crippen LogP) is 2.05. The Labute approximate surface area is 111 Å². The third-order valence-electron chi connectivity index (χ3n) is 3.13. The number of likely N-dealkylation sites (N-methyl/N-ethyl adjacent to an activating group) is 1. The quantitative estimate of drug-likeness (QED) is 0.860. The second-order valence-electron chi connectivity index (χ2n) is 4.58. The Balaban J connectivity index is 2.48. The number of ether oxygens (including phenoxy) is 1. The molecule has 0 aromatic carbocycles. The number of methoxy groups -OCH3 is 1. The lowest BCUT2D eigenvalue weighted by Gasteiger charge is -2.20. The van der Waals surface area contributed by atoms with Gasteiger partial charge in [-0.1, -0.05) is 0 Å². The van der Waals surface area contributed by atoms with Crippen molar-refractivity contribution in [1.29, 1.82) is 0 Å². The van der Waals surface area contributed by atoms with Gasteiger partial charge in [0, 0.05) is 18.7 Å². The zero-order chi connectivity index (χ0) is 13.3. The standard InChI is InChI=1S/C12H18N4OS/c1-8(15(2)3)7-16-11-9(13-12(16)18)5-6-10(14-11)17-4/h5-6,8H,7H2,1-4H3,(H,13,18). The number of imidazole rings is 1. The number of pyridine rings is 1. The average Bonchev–Trinajstić information content (AvgIpc) is 2.65. The van der Waals surface area contributed by atoms with E-state index >= 15 is 0 Å². The summed E-state index contributed by atoms with van der Waals surface area (Å²) in [5.41, 5.74) is 1.78. The van der Waals surface area contributed by atoms with Gasteiger partial charge in [0.25, 0.3) is 0 Å². The minimum Gasteiger partial charge on any atom is -0.481 e. The summed E-state index contributed by atoms with van der Waals surface area (Å²) in [5.74, 6) is 0.600. The van der Waals surface area contributed by atoms with Crippen molar-refractivity contribution < 1.29 is 4.74 Å². The van der Waals surface area contributed by atoms with Crippen LogP contribution in [0.5, 0.6) is 5.88 Å². The summed E-state index contributed by atoms with van der Waals surface area (Å²) >= 11 is 5.35. The van der Waals surface area contributed by atoms with Crippen molar-refractivity contribution >= 4 is 23.4 Å². The van der Waals surface area contributed by atoms with E-state index in [9.17, 15) is 0 Å². The number of rotatable bonds is 4. The fourth-order valence-corrected chi connectivity index (χ4v) is 1.99. The van der Waals surface area contributed by atoms with Crippen LogP contribution in [0.25, 0.3) is 11.2 Å². The van der Waals surface area contributed by atoms with Gasteiger partial charge >= 0.3 is 0 Å². The Bertz CT molecular complexity index is 602. The Morgan fingerprint density at radius 3 is 2.83 bits per heavy atom. The van der Waals surface area contributed by atoms with Gasteiger partial charge in [-0.25, -0.2) is 0 Å². The second-order valence-corrected chi connectivity index (χ2v) is 4.96. The molecule has 0 bridgehead atoms. The van der Waals surface area contributed by atoms with Crippen molar-refractivity contribution in [1.82, 2.24) is 19.4 Å². The lowest BCUT2D eigenvalue weighted by molar-refractivity contribution is 0.284. The van der Waals surface area contributed by atoms with E-state index in [1.54, 1.807) is 7.11 Å². The number of H-pyrrole nitrogens is 1. The summed E-state index contributed by atoms with van der Waals surface area (Å²) in [6.07, 6.45) is 0. The Kier molecular flexibility index (Phi) is 3.68. The minimum atomic E-state index is 0.378. The fourth-order valence-electron chi connectivity index (χ4n) is 1.72. The van der Waals surface area contributed by atoms with E-state index in [-0.39, 0.29) is 0 Å². The molecule has 2 aromatic rings. The first kappa shape index (κ1) is 13.0. The number of nitrogens with zero attached hydrogens (tertiary/aromatic N) is 3. The molecular weight excluding hydrogens is 248 g/mol. The molecule has 0 amide bonds. The Morgan fingerprint density at radius 2 is 2.22 bits per heavy atom. The van der Waals surface area contributed by atoms with Crippen LogP contribution in [0.2, 0.25) is 0 Å². The summed E-state index contributed by atoms with van der Waals surface area (Å²) in [4.78, 5) is 9.77. The molecule has 5 nitrogen and oxygen atoms in total. The molecule has 98 valence electrons. The number of hydrogen-bond donors (Lipinski definition) is 1. The molecule has 2 heterocycles. The van der Waals surface area contributed by atoms with E-state index in [4.69, 9.17) is 17.0 Å². The van der Waals surface area contributed by atoms with Crippen LogP contribution in [0.15, 0.2) is 12.1 Å². The van der Waals surface area contributed by atoms with E-state index in [1.165, 1.54) is 0 Å². The molecule has 1 atom stereocenters. The molecule has 18 heavy (non-hydrogen) atoms. The molecule has 0 saturated carbocycles. The lowest BCUT2D eigenvalue weighted by Crippen LogP contribution is -2.29. The average molecular weight is 266 g/mol. The number of nitrogens with one attached hydrogen (secondary N) is 1. The molecule has 1 N–H and O–H groups in total. The van der Waals surface area contributed by atoms with Crippen molar-refractivity contribution in [3.8, 4) is 5.88 Å². The van der Waals surface area contributed by atoms with Gasteiger partial charge in [-0.15, -0.1) is 0 Å². The first-order valence-electron chi connectivity index (χ1n) is 5.83. The van der Waals surface area contributed by atoms with Crippen LogP contribution in [0, 0.1) is 4.77 Å². The molecule has 0 aliphatic rings. The number of hydrogen-bond acceptors (Lipinski definition) is 4. The second kappa shape index (κ2) is 5.07. The van der Waals surface area contributed by atoms with Gasteiger partial charge in [0.1, 0.15) is 0 Å². The van der Waals surface area contributed by atoms with Gasteiger partial charge in [-0.2, -0.15) is 4.98 Å². The smallest absolute Gasteiger partial charge is 0.215 e. The van der Waals surface area contributed by atoms with E-state index in [2.05, 4.69) is 35.9 Å². The normalized spacial score (nSPS) is 13.2. The van der Waals surface area contributed by atoms with Crippen LogP contribution in [0.4, 0.5) is 0 Å². The Hall–Kier alpha value is -1.40. The van der Waals surface area contributed by atoms with Gasteiger partial charge in [-0.05, 0) is 39.3 Å². The first-order valence-corrected chi connectivity index (χ1v) is 6.23. The lowest BCUT2D eigenvalue weighted by atomic mass is 10.3. The highest BCUT2D eigenvalue weighted by atomic mass is 32.1. The third kappa shape index (κ3) is 2.39. The molecule has 2 rings (SSSR count). The van der Waals surface area contributed by atoms with Crippen molar-refractivity contribution in [3.63, 3.8) is 0 Å². The molecule has 0 aliphatic carbocycles. The zero-order valence-corrected chi connectivity index (χ0v) is 11.9. The summed E-state index contributed by atoms with van der Waals surface area (Å²) < 4.78 is 7.86. The number of aromatic nitrogens is 3.